The van der Waals surface area contributed by atoms with Crippen LogP contribution in [-0.4, -0.2) is 49.1 Å². The number of carbonyl (C=O) groups excluding carboxylic acids is 4. The third-order valence-electron chi connectivity index (χ3n) is 2.31. The van der Waals surface area contributed by atoms with Crippen molar-refractivity contribution in [3.63, 3.8) is 0 Å². The van der Waals surface area contributed by atoms with Crippen LogP contribution in [0.15, 0.2) is 0 Å². The van der Waals surface area contributed by atoms with Crippen molar-refractivity contribution >= 4 is 23.9 Å². The second-order valence-electron chi connectivity index (χ2n) is 4.08. The number of carboxylic acid groups (broad SMARTS) is 4. The smallest absolute Gasteiger partial charge is 0.550 e. The Kier molecular flexibility index (Phi) is 35.7. The predicted molar refractivity (Wildman–Crippen MR) is 52.9 cm³/mol. The average Bonchev–Trinajstić information content (AvgIpc) is 2.24. The molecule has 0 aliphatic heterocycles. The van der Waals surface area contributed by atoms with Gasteiger partial charge < -0.3 is 50.2 Å². The first kappa shape index (κ1) is 38.9. The van der Waals surface area contributed by atoms with E-state index in [1.54, 1.807) is 0 Å². The fourth-order valence-electron chi connectivity index (χ4n) is 1.59. The van der Waals surface area contributed by atoms with Crippen LogP contribution in [-0.2, 0) is 19.2 Å². The van der Waals surface area contributed by atoms with Gasteiger partial charge >= 0.3 is 206 Å². The summed E-state index contributed by atoms with van der Waals surface area (Å²) in [7, 11) is 0. The molecule has 0 unspecified atom stereocenters. The van der Waals surface area contributed by atoms with E-state index in [4.69, 9.17) is 0 Å². The summed E-state index contributed by atoms with van der Waals surface area (Å²) in [6.45, 7) is -1.96. The molecule has 0 amide bonds. The molecule has 0 atom stereocenters. The van der Waals surface area contributed by atoms with Gasteiger partial charge in [-0.3, -0.25) is 0 Å². The first-order valence-corrected chi connectivity index (χ1v) is 5.42. The largest absolute Gasteiger partial charge is 1.00 e. The van der Waals surface area contributed by atoms with E-state index >= 15 is 0 Å². The van der Waals surface area contributed by atoms with Crippen molar-refractivity contribution < 1.29 is 245 Å². The summed E-state index contributed by atoms with van der Waals surface area (Å²) in [5.74, 6) is -6.38. The van der Waals surface area contributed by atoms with E-state index in [1.165, 1.54) is 0 Å². The molecule has 0 aliphatic carbocycles. The molecule has 0 radical (unpaired) electrons. The number of nitrogens with one attached hydrogen (secondary N) is 2. The van der Waals surface area contributed by atoms with Crippen LogP contribution < -0.4 is 237 Å². The SMILES string of the molecule is O=C([O-])CNCC(CC(=O)[O-])(CC(=O)[O-])NCC(=O)[O-].[K+].[K+].[K+].[K+]. The first-order valence-electron chi connectivity index (χ1n) is 5.42. The van der Waals surface area contributed by atoms with Crippen LogP contribution >= 0.6 is 0 Å². The van der Waals surface area contributed by atoms with E-state index < -0.39 is 61.9 Å². The molecule has 10 nitrogen and oxygen atoms in total. The maximum Gasteiger partial charge on any atom is 1.00 e. The maximum absolute atomic E-state index is 10.7. The topological polar surface area (TPSA) is 185 Å². The van der Waals surface area contributed by atoms with Gasteiger partial charge in [0, 0.05) is 50.0 Å². The molecule has 0 saturated heterocycles. The second kappa shape index (κ2) is 22.0. The van der Waals surface area contributed by atoms with Crippen molar-refractivity contribution in [2.24, 2.45) is 0 Å². The fourth-order valence-corrected chi connectivity index (χ4v) is 1.59. The van der Waals surface area contributed by atoms with E-state index in [2.05, 4.69) is 10.6 Å². The van der Waals surface area contributed by atoms with Gasteiger partial charge in [-0.15, -0.1) is 0 Å². The zero-order valence-corrected chi connectivity index (χ0v) is 26.8. The quantitative estimate of drug-likeness (QED) is 0.290. The molecule has 0 aromatic rings. The minimum absolute atomic E-state index is 0. The minimum Gasteiger partial charge on any atom is -0.550 e. The molecule has 0 spiro atoms. The van der Waals surface area contributed by atoms with Crippen LogP contribution in [0.3, 0.4) is 0 Å². The Bertz CT molecular complexity index is 394. The van der Waals surface area contributed by atoms with Gasteiger partial charge in [0.05, 0.1) is 11.9 Å². The van der Waals surface area contributed by atoms with Crippen molar-refractivity contribution in [2.45, 2.75) is 18.4 Å². The molecule has 14 heteroatoms. The van der Waals surface area contributed by atoms with Gasteiger partial charge in [-0.05, 0) is 0 Å². The zero-order valence-electron chi connectivity index (χ0n) is 14.3. The number of carboxylic acids is 4. The van der Waals surface area contributed by atoms with Crippen LogP contribution in [0, 0.1) is 0 Å². The molecule has 0 fully saturated rings. The molecule has 0 heterocycles. The average molecular weight is 445 g/mol. The van der Waals surface area contributed by atoms with Gasteiger partial charge in [0.1, 0.15) is 0 Å². The van der Waals surface area contributed by atoms with Crippen molar-refractivity contribution in [2.75, 3.05) is 19.6 Å². The van der Waals surface area contributed by atoms with Gasteiger partial charge in [-0.2, -0.15) is 0 Å². The van der Waals surface area contributed by atoms with E-state index in [0.29, 0.717) is 0 Å². The maximum atomic E-state index is 10.7. The molecule has 0 aromatic carbocycles. The van der Waals surface area contributed by atoms with Crippen molar-refractivity contribution in [3.05, 3.63) is 0 Å². The van der Waals surface area contributed by atoms with Crippen LogP contribution in [0.4, 0.5) is 0 Å². The Morgan fingerprint density at radius 1 is 0.667 bits per heavy atom. The second-order valence-corrected chi connectivity index (χ2v) is 4.08. The standard InChI is InChI=1S/C10H16N2O8.4K/c13-6(14)1-10(2-7(15)16,12-4-9(19)20)5-11-3-8(17)18;;;;/h11-12H,1-5H2,(H,13,14)(H,15,16)(H,17,18)(H,19,20);;;;/q;4*+1/p-4. The molecule has 0 aromatic heterocycles. The number of aliphatic carboxylic acids is 4. The Balaban J connectivity index is -0.000000301. The molecule has 114 valence electrons. The first-order chi connectivity index (χ1) is 9.17. The molecule has 0 saturated carbocycles. The fraction of sp³-hybridized carbons (Fsp3) is 0.600. The van der Waals surface area contributed by atoms with Gasteiger partial charge in [0.2, 0.25) is 0 Å². The van der Waals surface area contributed by atoms with Crippen molar-refractivity contribution in [1.29, 1.82) is 0 Å². The molecule has 2 N–H and O–H groups in total. The van der Waals surface area contributed by atoms with Crippen LogP contribution in [0.5, 0.6) is 0 Å². The third-order valence-corrected chi connectivity index (χ3v) is 2.31. The zero-order chi connectivity index (χ0) is 15.8. The molecule has 24 heavy (non-hydrogen) atoms. The monoisotopic (exact) mass is 444 g/mol. The number of hydrogen-bond acceptors (Lipinski definition) is 10. The summed E-state index contributed by atoms with van der Waals surface area (Å²) in [6.07, 6.45) is -1.73. The minimum atomic E-state index is -1.78. The summed E-state index contributed by atoms with van der Waals surface area (Å²) in [4.78, 5) is 41.9. The van der Waals surface area contributed by atoms with Gasteiger partial charge in [-0.1, -0.05) is 0 Å². The van der Waals surface area contributed by atoms with Crippen LogP contribution in [0.2, 0.25) is 0 Å². The van der Waals surface area contributed by atoms with E-state index in [9.17, 15) is 39.6 Å². The number of hydrogen-bond donors (Lipinski definition) is 2. The van der Waals surface area contributed by atoms with E-state index in [0.717, 1.165) is 0 Å². The van der Waals surface area contributed by atoms with Crippen LogP contribution in [0.25, 0.3) is 0 Å². The molecule has 0 aliphatic rings. The molecular formula is C10H12K4N2O8. The molecule has 0 rings (SSSR count). The Morgan fingerprint density at radius 2 is 1.04 bits per heavy atom. The summed E-state index contributed by atoms with van der Waals surface area (Å²) >= 11 is 0. The van der Waals surface area contributed by atoms with Crippen molar-refractivity contribution in [1.82, 2.24) is 10.6 Å². The summed E-state index contributed by atoms with van der Waals surface area (Å²) in [5, 5.41) is 46.4. The molecule has 0 bridgehead atoms. The Labute approximate surface area is 309 Å². The van der Waals surface area contributed by atoms with Gasteiger partial charge in [-0.25, -0.2) is 0 Å². The third kappa shape index (κ3) is 22.6. The van der Waals surface area contributed by atoms with Gasteiger partial charge in [0.15, 0.2) is 0 Å². The van der Waals surface area contributed by atoms with E-state index in [-0.39, 0.29) is 206 Å². The Hall–Kier alpha value is 4.35. The summed E-state index contributed by atoms with van der Waals surface area (Å²) < 4.78 is 0. The Morgan fingerprint density at radius 3 is 1.33 bits per heavy atom. The van der Waals surface area contributed by atoms with E-state index in [1.807, 2.05) is 0 Å². The predicted octanol–water partition coefficient (Wildman–Crippen LogP) is -19.3. The number of carbonyl (C=O) groups is 4. The number of rotatable bonds is 11. The van der Waals surface area contributed by atoms with Gasteiger partial charge in [0.25, 0.3) is 0 Å². The van der Waals surface area contributed by atoms with Crippen LogP contribution in [0.1, 0.15) is 12.8 Å². The normalized spacial score (nSPS) is 9.17. The van der Waals surface area contributed by atoms with Crippen molar-refractivity contribution in [3.8, 4) is 0 Å². The molecular weight excluding hydrogens is 433 g/mol. The summed E-state index contributed by atoms with van der Waals surface area (Å²) in [6, 6.07) is 0. The summed E-state index contributed by atoms with van der Waals surface area (Å²) in [5.41, 5.74) is -1.78.